The molecule has 0 amide bonds. The minimum Gasteiger partial charge on any atom is -0.387 e. The Morgan fingerprint density at radius 2 is 1.55 bits per heavy atom. The van der Waals surface area contributed by atoms with Crippen molar-refractivity contribution in [3.05, 3.63) is 0 Å². The van der Waals surface area contributed by atoms with E-state index in [1.807, 2.05) is 0 Å². The minimum atomic E-state index is -0.471. The third-order valence-corrected chi connectivity index (χ3v) is 6.47. The Hall–Kier alpha value is -0.160. The van der Waals surface area contributed by atoms with Gasteiger partial charge in [-0.2, -0.15) is 0 Å². The van der Waals surface area contributed by atoms with Crippen LogP contribution < -0.4 is 0 Å². The standard InChI is InChI=1S/C16H29N3O/c1-15-11-18-7-8-19(12-15)10-14(9-18)16(15,20)13-17-5-3-2-4-6-17/h14,20H,2-13H2,1H3/t14?,15?,16-/m0/s1. The van der Waals surface area contributed by atoms with Crippen LogP contribution in [0.1, 0.15) is 26.2 Å². The summed E-state index contributed by atoms with van der Waals surface area (Å²) in [4.78, 5) is 7.74. The molecule has 0 aromatic rings. The topological polar surface area (TPSA) is 30.0 Å². The zero-order valence-corrected chi connectivity index (χ0v) is 12.9. The Morgan fingerprint density at radius 1 is 0.950 bits per heavy atom. The lowest BCUT2D eigenvalue weighted by molar-refractivity contribution is -0.201. The van der Waals surface area contributed by atoms with Crippen molar-refractivity contribution in [1.82, 2.24) is 14.7 Å². The molecule has 2 unspecified atom stereocenters. The van der Waals surface area contributed by atoms with E-state index in [0.29, 0.717) is 5.92 Å². The smallest absolute Gasteiger partial charge is 0.0904 e. The second-order valence-corrected chi connectivity index (χ2v) is 7.99. The molecule has 0 saturated carbocycles. The van der Waals surface area contributed by atoms with Gasteiger partial charge >= 0.3 is 0 Å². The largest absolute Gasteiger partial charge is 0.387 e. The van der Waals surface area contributed by atoms with Crippen molar-refractivity contribution in [3.63, 3.8) is 0 Å². The van der Waals surface area contributed by atoms with Crippen molar-refractivity contribution < 1.29 is 5.11 Å². The quantitative estimate of drug-likeness (QED) is 0.796. The van der Waals surface area contributed by atoms with Crippen LogP contribution in [0.5, 0.6) is 0 Å². The van der Waals surface area contributed by atoms with Crippen molar-refractivity contribution in [3.8, 4) is 0 Å². The Bertz CT molecular complexity index is 366. The number of β-amino-alcohol motifs (C(OH)–C–C–N with tert-alkyl or cyclic N) is 1. The Kier molecular flexibility index (Phi) is 3.15. The molecule has 1 N–H and O–H groups in total. The van der Waals surface area contributed by atoms with Crippen molar-refractivity contribution in [2.24, 2.45) is 11.3 Å². The van der Waals surface area contributed by atoms with Crippen LogP contribution in [-0.4, -0.2) is 84.3 Å². The lowest BCUT2D eigenvalue weighted by Crippen LogP contribution is -2.73. The number of aliphatic hydroxyl groups is 1. The maximum atomic E-state index is 11.6. The maximum Gasteiger partial charge on any atom is 0.0904 e. The Morgan fingerprint density at radius 3 is 2.10 bits per heavy atom. The monoisotopic (exact) mass is 279 g/mol. The van der Waals surface area contributed by atoms with Crippen molar-refractivity contribution in [1.29, 1.82) is 0 Å². The number of rotatable bonds is 2. The van der Waals surface area contributed by atoms with E-state index in [-0.39, 0.29) is 5.41 Å². The van der Waals surface area contributed by atoms with Gasteiger partial charge in [0, 0.05) is 57.1 Å². The fraction of sp³-hybridized carbons (Fsp3) is 1.00. The predicted octanol–water partition coefficient (Wildman–Crippen LogP) is 0.471. The molecule has 3 atom stereocenters. The minimum absolute atomic E-state index is 0.0577. The molecule has 0 aromatic carbocycles. The summed E-state index contributed by atoms with van der Waals surface area (Å²) in [5, 5.41) is 11.6. The number of hydrogen-bond donors (Lipinski definition) is 1. The number of piperidine rings is 3. The molecule has 5 saturated heterocycles. The van der Waals surface area contributed by atoms with Crippen LogP contribution in [0.2, 0.25) is 0 Å². The Labute approximate surface area is 122 Å². The van der Waals surface area contributed by atoms with Gasteiger partial charge in [0.25, 0.3) is 0 Å². The van der Waals surface area contributed by atoms with E-state index in [0.717, 1.165) is 32.7 Å². The molecule has 5 fully saturated rings. The molecule has 0 radical (unpaired) electrons. The summed E-state index contributed by atoms with van der Waals surface area (Å²) in [7, 11) is 0. The molecule has 4 heteroatoms. The predicted molar refractivity (Wildman–Crippen MR) is 79.7 cm³/mol. The molecule has 5 rings (SSSR count). The molecular formula is C16H29N3O. The highest BCUT2D eigenvalue weighted by molar-refractivity contribution is 5.13. The summed E-state index contributed by atoms with van der Waals surface area (Å²) in [6.07, 6.45) is 4.00. The molecule has 4 bridgehead atoms. The van der Waals surface area contributed by atoms with Crippen molar-refractivity contribution >= 4 is 0 Å². The van der Waals surface area contributed by atoms with Crippen LogP contribution in [0.4, 0.5) is 0 Å². The number of fused-ring (bicyclic) bond motifs is 1. The SMILES string of the molecule is CC12CN3CCN(CC(C3)[C@@]1(O)CN1CCCCC1)C2. The molecule has 114 valence electrons. The van der Waals surface area contributed by atoms with E-state index in [1.54, 1.807) is 0 Å². The van der Waals surface area contributed by atoms with Gasteiger partial charge in [-0.3, -0.25) is 0 Å². The van der Waals surface area contributed by atoms with Crippen LogP contribution in [0.3, 0.4) is 0 Å². The van der Waals surface area contributed by atoms with Gasteiger partial charge in [-0.25, -0.2) is 0 Å². The first-order valence-corrected chi connectivity index (χ1v) is 8.49. The first-order valence-electron chi connectivity index (χ1n) is 8.49. The van der Waals surface area contributed by atoms with Gasteiger partial charge < -0.3 is 19.8 Å². The molecule has 4 nitrogen and oxygen atoms in total. The first kappa shape index (κ1) is 13.5. The summed E-state index contributed by atoms with van der Waals surface area (Å²) in [5.74, 6) is 0.444. The summed E-state index contributed by atoms with van der Waals surface area (Å²) in [6.45, 7) is 12.4. The maximum absolute atomic E-state index is 11.6. The molecule has 5 aliphatic heterocycles. The fourth-order valence-corrected chi connectivity index (χ4v) is 5.32. The average Bonchev–Trinajstić information content (AvgIpc) is 2.66. The highest BCUT2D eigenvalue weighted by atomic mass is 16.3. The van der Waals surface area contributed by atoms with E-state index >= 15 is 0 Å². The van der Waals surface area contributed by atoms with E-state index in [4.69, 9.17) is 0 Å². The van der Waals surface area contributed by atoms with Gasteiger partial charge in [0.1, 0.15) is 0 Å². The van der Waals surface area contributed by atoms with Gasteiger partial charge in [-0.05, 0) is 25.9 Å². The summed E-state index contributed by atoms with van der Waals surface area (Å²) >= 11 is 0. The zero-order chi connectivity index (χ0) is 13.8. The van der Waals surface area contributed by atoms with Gasteiger partial charge in [-0.1, -0.05) is 13.3 Å². The highest BCUT2D eigenvalue weighted by Crippen LogP contribution is 2.48. The summed E-state index contributed by atoms with van der Waals surface area (Å²) in [5.41, 5.74) is -0.413. The molecule has 0 aromatic heterocycles. The van der Waals surface area contributed by atoms with Gasteiger partial charge in [0.2, 0.25) is 0 Å². The highest BCUT2D eigenvalue weighted by Gasteiger charge is 2.60. The van der Waals surface area contributed by atoms with Crippen LogP contribution in [0, 0.1) is 11.3 Å². The molecule has 20 heavy (non-hydrogen) atoms. The lowest BCUT2D eigenvalue weighted by Gasteiger charge is -2.60. The fourth-order valence-electron chi connectivity index (χ4n) is 5.32. The van der Waals surface area contributed by atoms with E-state index < -0.39 is 5.60 Å². The number of likely N-dealkylation sites (tertiary alicyclic amines) is 1. The molecule has 5 heterocycles. The van der Waals surface area contributed by atoms with Crippen LogP contribution >= 0.6 is 0 Å². The number of nitrogens with zero attached hydrogens (tertiary/aromatic N) is 3. The van der Waals surface area contributed by atoms with E-state index in [9.17, 15) is 5.11 Å². The van der Waals surface area contributed by atoms with Crippen LogP contribution in [0.15, 0.2) is 0 Å². The van der Waals surface area contributed by atoms with Gasteiger partial charge in [0.15, 0.2) is 0 Å². The third kappa shape index (κ3) is 1.96. The molecule has 0 aliphatic carbocycles. The zero-order valence-electron chi connectivity index (χ0n) is 12.9. The Balaban J connectivity index is 1.59. The lowest BCUT2D eigenvalue weighted by atomic mass is 9.61. The summed E-state index contributed by atoms with van der Waals surface area (Å²) in [6, 6.07) is 0. The molecule has 0 spiro atoms. The van der Waals surface area contributed by atoms with Crippen molar-refractivity contribution in [2.75, 3.05) is 58.9 Å². The van der Waals surface area contributed by atoms with Crippen LogP contribution in [-0.2, 0) is 0 Å². The second kappa shape index (κ2) is 4.67. The average molecular weight is 279 g/mol. The van der Waals surface area contributed by atoms with Crippen LogP contribution in [0.25, 0.3) is 0 Å². The normalized spacial score (nSPS) is 52.2. The van der Waals surface area contributed by atoms with E-state index in [1.165, 1.54) is 45.4 Å². The first-order chi connectivity index (χ1) is 9.59. The summed E-state index contributed by atoms with van der Waals surface area (Å²) < 4.78 is 0. The second-order valence-electron chi connectivity index (χ2n) is 7.99. The molecular weight excluding hydrogens is 250 g/mol. The van der Waals surface area contributed by atoms with E-state index in [2.05, 4.69) is 21.6 Å². The number of hydrogen-bond acceptors (Lipinski definition) is 4. The third-order valence-electron chi connectivity index (χ3n) is 6.47. The molecule has 5 aliphatic rings. The van der Waals surface area contributed by atoms with Crippen molar-refractivity contribution in [2.45, 2.75) is 31.8 Å². The van der Waals surface area contributed by atoms with Gasteiger partial charge in [0.05, 0.1) is 5.60 Å². The van der Waals surface area contributed by atoms with Gasteiger partial charge in [-0.15, -0.1) is 0 Å².